The van der Waals surface area contributed by atoms with E-state index in [-0.39, 0.29) is 37.2 Å². The molecule has 210 valence electrons. The number of thiophene rings is 2. The lowest BCUT2D eigenvalue weighted by Crippen LogP contribution is -2.06. The molecule has 0 unspecified atom stereocenters. The number of nitrogens with one attached hydrogen (secondary N) is 1. The molecule has 3 heterocycles. The number of ether oxygens (including phenoxy) is 2. The molecule has 0 saturated carbocycles. The Morgan fingerprint density at radius 2 is 1.40 bits per heavy atom. The minimum Gasteiger partial charge on any atom is -0.496 e. The maximum Gasteiger partial charge on any atom is 0.303 e. The van der Waals surface area contributed by atoms with Gasteiger partial charge in [0.2, 0.25) is 0 Å². The second-order valence-corrected chi connectivity index (χ2v) is 11.2. The number of methoxy groups -OCH3 is 2. The van der Waals surface area contributed by atoms with E-state index in [0.717, 1.165) is 32.5 Å². The second-order valence-electron chi connectivity index (χ2n) is 9.01. The molecule has 4 aromatic rings. The summed E-state index contributed by atoms with van der Waals surface area (Å²) in [7, 11) is 3.14. The summed E-state index contributed by atoms with van der Waals surface area (Å²) in [6, 6.07) is 9.19. The van der Waals surface area contributed by atoms with Crippen molar-refractivity contribution in [3.05, 3.63) is 45.6 Å². The predicted octanol–water partition coefficient (Wildman–Crippen LogP) is 5.67. The zero-order valence-corrected chi connectivity index (χ0v) is 23.6. The molecule has 0 spiro atoms. The molecular weight excluding hydrogens is 556 g/mol. The quantitative estimate of drug-likeness (QED) is 0.118. The van der Waals surface area contributed by atoms with E-state index in [9.17, 15) is 19.2 Å². The van der Waals surface area contributed by atoms with Crippen molar-refractivity contribution >= 4 is 72.3 Å². The molecule has 0 radical (unpaired) electrons. The Balaban J connectivity index is 1.42. The summed E-state index contributed by atoms with van der Waals surface area (Å²) in [6.45, 7) is 0.577. The highest BCUT2D eigenvalue weighted by Gasteiger charge is 2.17. The fourth-order valence-electron chi connectivity index (χ4n) is 4.18. The monoisotopic (exact) mass is 584 g/mol. The van der Waals surface area contributed by atoms with Gasteiger partial charge in [-0.2, -0.15) is 0 Å². The van der Waals surface area contributed by atoms with Crippen molar-refractivity contribution in [2.75, 3.05) is 26.1 Å². The number of anilines is 1. The molecule has 0 aliphatic heterocycles. The van der Waals surface area contributed by atoms with Crippen molar-refractivity contribution < 1.29 is 38.9 Å². The number of rotatable bonds is 15. The van der Waals surface area contributed by atoms with E-state index in [1.54, 1.807) is 26.4 Å². The lowest BCUT2D eigenvalue weighted by atomic mass is 10.1. The number of benzene rings is 1. The van der Waals surface area contributed by atoms with E-state index in [2.05, 4.69) is 10.3 Å². The third-order valence-electron chi connectivity index (χ3n) is 6.20. The molecule has 12 heteroatoms. The highest BCUT2D eigenvalue weighted by atomic mass is 32.1. The van der Waals surface area contributed by atoms with Gasteiger partial charge in [0.1, 0.15) is 5.75 Å². The van der Waals surface area contributed by atoms with Crippen LogP contribution < -0.4 is 14.8 Å². The van der Waals surface area contributed by atoms with Crippen LogP contribution >= 0.6 is 22.7 Å². The summed E-state index contributed by atoms with van der Waals surface area (Å²) in [5, 5.41) is 21.9. The van der Waals surface area contributed by atoms with Crippen LogP contribution in [0.4, 0.5) is 5.82 Å². The largest absolute Gasteiger partial charge is 0.496 e. The fourth-order valence-corrected chi connectivity index (χ4v) is 6.22. The number of Topliss-reactive ketones (excluding diaryl/α,β-unsaturated/α-hetero) is 2. The summed E-state index contributed by atoms with van der Waals surface area (Å²) < 4.78 is 12.8. The van der Waals surface area contributed by atoms with Crippen LogP contribution in [-0.2, 0) is 16.0 Å². The molecule has 4 rings (SSSR count). The third kappa shape index (κ3) is 6.93. The lowest BCUT2D eigenvalue weighted by Gasteiger charge is -2.12. The average molecular weight is 585 g/mol. The zero-order valence-electron chi connectivity index (χ0n) is 21.9. The summed E-state index contributed by atoms with van der Waals surface area (Å²) in [4.78, 5) is 51.9. The van der Waals surface area contributed by atoms with E-state index < -0.39 is 11.9 Å². The smallest absolute Gasteiger partial charge is 0.303 e. The van der Waals surface area contributed by atoms with Crippen LogP contribution in [0.5, 0.6) is 11.5 Å². The standard InChI is InChI=1S/C28H28N2O8S2/c1-37-20-13-22-16(11-24(39-22)18(31)5-7-26(33)34)10-15(20)4-3-9-29-28-21(38-2)14-23-17(30-28)12-25(40-23)19(32)6-8-27(35)36/h10-14H,3-9H2,1-2H3,(H,29,30)(H,33,34)(H,35,36). The number of fused-ring (bicyclic) bond motifs is 2. The second kappa shape index (κ2) is 12.9. The Bertz CT molecular complexity index is 1470. The van der Waals surface area contributed by atoms with Gasteiger partial charge in [0.05, 0.1) is 47.0 Å². The molecule has 3 aromatic heterocycles. The van der Waals surface area contributed by atoms with E-state index in [1.165, 1.54) is 22.7 Å². The van der Waals surface area contributed by atoms with Crippen molar-refractivity contribution in [1.29, 1.82) is 0 Å². The summed E-state index contributed by atoms with van der Waals surface area (Å²) in [6.07, 6.45) is 0.923. The molecule has 0 amide bonds. The van der Waals surface area contributed by atoms with Crippen LogP contribution in [-0.4, -0.2) is 59.5 Å². The molecule has 0 saturated heterocycles. The number of nitrogens with zero attached hydrogens (tertiary/aromatic N) is 1. The van der Waals surface area contributed by atoms with E-state index in [1.807, 2.05) is 18.2 Å². The van der Waals surface area contributed by atoms with Gasteiger partial charge in [-0.25, -0.2) is 4.98 Å². The molecule has 3 N–H and O–H groups in total. The Hall–Kier alpha value is -4.03. The van der Waals surface area contributed by atoms with Crippen molar-refractivity contribution in [3.8, 4) is 11.5 Å². The lowest BCUT2D eigenvalue weighted by molar-refractivity contribution is -0.137. The number of hydrogen-bond donors (Lipinski definition) is 3. The summed E-state index contributed by atoms with van der Waals surface area (Å²) in [5.74, 6) is -0.627. The van der Waals surface area contributed by atoms with Crippen LogP contribution in [0.2, 0.25) is 0 Å². The minimum atomic E-state index is -1.01. The molecule has 0 bridgehead atoms. The van der Waals surface area contributed by atoms with Gasteiger partial charge in [0.15, 0.2) is 23.1 Å². The topological polar surface area (TPSA) is 152 Å². The first kappa shape index (κ1) is 29.0. The van der Waals surface area contributed by atoms with Gasteiger partial charge in [-0.3, -0.25) is 19.2 Å². The number of carboxylic acids is 2. The molecule has 0 aliphatic carbocycles. The number of pyridine rings is 1. The van der Waals surface area contributed by atoms with Crippen LogP contribution in [0.3, 0.4) is 0 Å². The molecule has 1 aromatic carbocycles. The van der Waals surface area contributed by atoms with Crippen molar-refractivity contribution in [2.45, 2.75) is 38.5 Å². The van der Waals surface area contributed by atoms with E-state index >= 15 is 0 Å². The Morgan fingerprint density at radius 1 is 0.800 bits per heavy atom. The molecule has 10 nitrogen and oxygen atoms in total. The van der Waals surface area contributed by atoms with Gasteiger partial charge in [-0.05, 0) is 48.1 Å². The van der Waals surface area contributed by atoms with Gasteiger partial charge in [0, 0.05) is 30.2 Å². The van der Waals surface area contributed by atoms with Crippen LogP contribution in [0.15, 0.2) is 30.3 Å². The van der Waals surface area contributed by atoms with Crippen LogP contribution in [0.25, 0.3) is 20.3 Å². The SMILES string of the molecule is COc1cc2sc(C(=O)CCC(=O)O)cc2cc1CCCNc1nc2cc(C(=O)CCC(=O)O)sc2cc1OC. The van der Waals surface area contributed by atoms with Gasteiger partial charge < -0.3 is 25.0 Å². The highest BCUT2D eigenvalue weighted by Crippen LogP contribution is 2.35. The van der Waals surface area contributed by atoms with Gasteiger partial charge >= 0.3 is 11.9 Å². The fraction of sp³-hybridized carbons (Fsp3) is 0.321. The number of carbonyl (C=O) groups is 4. The first-order valence-corrected chi connectivity index (χ1v) is 14.1. The maximum atomic E-state index is 12.4. The van der Waals surface area contributed by atoms with Crippen molar-refractivity contribution in [1.82, 2.24) is 4.98 Å². The molecule has 0 atom stereocenters. The number of hydrogen-bond acceptors (Lipinski definition) is 10. The normalized spacial score (nSPS) is 11.1. The van der Waals surface area contributed by atoms with Crippen molar-refractivity contribution in [3.63, 3.8) is 0 Å². The molecular formula is C28H28N2O8S2. The van der Waals surface area contributed by atoms with E-state index in [0.29, 0.717) is 39.8 Å². The van der Waals surface area contributed by atoms with E-state index in [4.69, 9.17) is 19.7 Å². The maximum absolute atomic E-state index is 12.4. The number of ketones is 2. The Kier molecular flexibility index (Phi) is 9.33. The number of carboxylic acid groups (broad SMARTS) is 2. The number of carbonyl (C=O) groups excluding carboxylic acids is 2. The van der Waals surface area contributed by atoms with Crippen LogP contribution in [0.1, 0.15) is 57.0 Å². The first-order chi connectivity index (χ1) is 19.2. The average Bonchev–Trinajstić information content (AvgIpc) is 3.55. The third-order valence-corrected chi connectivity index (χ3v) is 8.46. The van der Waals surface area contributed by atoms with Gasteiger partial charge in [-0.15, -0.1) is 22.7 Å². The molecule has 0 fully saturated rings. The number of aryl methyl sites for hydroxylation is 1. The summed E-state index contributed by atoms with van der Waals surface area (Å²) >= 11 is 2.59. The first-order valence-electron chi connectivity index (χ1n) is 12.5. The predicted molar refractivity (Wildman–Crippen MR) is 154 cm³/mol. The van der Waals surface area contributed by atoms with Crippen molar-refractivity contribution in [2.24, 2.45) is 0 Å². The minimum absolute atomic E-state index is 0.0329. The molecule has 0 aliphatic rings. The van der Waals surface area contributed by atoms with Gasteiger partial charge in [-0.1, -0.05) is 0 Å². The van der Waals surface area contributed by atoms with Crippen LogP contribution in [0, 0.1) is 0 Å². The Labute approximate surface area is 237 Å². The highest BCUT2D eigenvalue weighted by molar-refractivity contribution is 7.21. The molecule has 40 heavy (non-hydrogen) atoms. The van der Waals surface area contributed by atoms with Gasteiger partial charge in [0.25, 0.3) is 0 Å². The number of aromatic nitrogens is 1. The zero-order chi connectivity index (χ0) is 28.8. The number of aliphatic carboxylic acids is 2. The Morgan fingerprint density at radius 3 is 2.02 bits per heavy atom. The summed E-state index contributed by atoms with van der Waals surface area (Å²) in [5.41, 5.74) is 1.61.